The molecule has 0 aromatic carbocycles. The van der Waals surface area contributed by atoms with Crippen LogP contribution in [0.3, 0.4) is 0 Å². The first-order chi connectivity index (χ1) is 6.17. The lowest BCUT2D eigenvalue weighted by molar-refractivity contribution is 0.654. The van der Waals surface area contributed by atoms with E-state index in [1.807, 2.05) is 17.4 Å². The lowest BCUT2D eigenvalue weighted by Crippen LogP contribution is -1.89. The molecule has 1 aromatic heterocycles. The molecule has 0 fully saturated rings. The Labute approximate surface area is 85.3 Å². The highest BCUT2D eigenvalue weighted by Crippen LogP contribution is 2.26. The van der Waals surface area contributed by atoms with Gasteiger partial charge in [0.25, 0.3) is 0 Å². The average molecular weight is 194 g/mol. The molecule has 1 rings (SSSR count). The van der Waals surface area contributed by atoms with Crippen molar-refractivity contribution >= 4 is 17.4 Å². The molecule has 0 spiro atoms. The van der Waals surface area contributed by atoms with Gasteiger partial charge in [-0.1, -0.05) is 33.4 Å². The van der Waals surface area contributed by atoms with Crippen LogP contribution in [-0.2, 0) is 12.8 Å². The van der Waals surface area contributed by atoms with Crippen molar-refractivity contribution in [3.05, 3.63) is 28.0 Å². The Bertz CT molecular complexity index is 281. The Morgan fingerprint density at radius 1 is 1.54 bits per heavy atom. The fourth-order valence-electron chi connectivity index (χ4n) is 1.45. The Morgan fingerprint density at radius 2 is 2.23 bits per heavy atom. The first kappa shape index (κ1) is 10.5. The molecule has 0 saturated carbocycles. The van der Waals surface area contributed by atoms with Gasteiger partial charge in [0.15, 0.2) is 0 Å². The van der Waals surface area contributed by atoms with Crippen LogP contribution in [0.25, 0.3) is 6.08 Å². The Morgan fingerprint density at radius 3 is 2.62 bits per heavy atom. The first-order valence-corrected chi connectivity index (χ1v) is 5.73. The zero-order valence-corrected chi connectivity index (χ0v) is 9.58. The maximum absolute atomic E-state index is 3.84. The number of thiophene rings is 1. The van der Waals surface area contributed by atoms with Crippen LogP contribution in [0.2, 0.25) is 0 Å². The second-order valence-electron chi connectivity index (χ2n) is 3.76. The summed E-state index contributed by atoms with van der Waals surface area (Å²) in [5, 5.41) is 0. The summed E-state index contributed by atoms with van der Waals surface area (Å²) in [5.74, 6) is 0.751. The molecule has 13 heavy (non-hydrogen) atoms. The van der Waals surface area contributed by atoms with E-state index < -0.39 is 0 Å². The maximum Gasteiger partial charge on any atom is 0.0299 e. The zero-order chi connectivity index (χ0) is 9.84. The molecule has 0 atom stereocenters. The molecule has 1 heterocycles. The third-order valence-corrected chi connectivity index (χ3v) is 3.26. The lowest BCUT2D eigenvalue weighted by atomic mass is 10.1. The third-order valence-electron chi connectivity index (χ3n) is 2.07. The standard InChI is InChI=1S/C12H18S/c1-5-10-8-11(7-9(3)4)13-12(10)6-2/h6,8-9H,2,5,7H2,1,3-4H3. The van der Waals surface area contributed by atoms with E-state index >= 15 is 0 Å². The molecule has 0 aliphatic heterocycles. The molecule has 0 aliphatic rings. The summed E-state index contributed by atoms with van der Waals surface area (Å²) in [6.07, 6.45) is 4.30. The molecule has 0 saturated heterocycles. The quantitative estimate of drug-likeness (QED) is 0.675. The van der Waals surface area contributed by atoms with Crippen LogP contribution in [0.1, 0.15) is 36.1 Å². The van der Waals surface area contributed by atoms with Crippen molar-refractivity contribution < 1.29 is 0 Å². The Kier molecular flexibility index (Phi) is 3.73. The minimum Gasteiger partial charge on any atom is -0.141 e. The van der Waals surface area contributed by atoms with Crippen LogP contribution in [0.15, 0.2) is 12.6 Å². The van der Waals surface area contributed by atoms with Crippen molar-refractivity contribution in [3.8, 4) is 0 Å². The van der Waals surface area contributed by atoms with Crippen LogP contribution in [-0.4, -0.2) is 0 Å². The molecular formula is C12H18S. The van der Waals surface area contributed by atoms with Gasteiger partial charge in [-0.15, -0.1) is 11.3 Å². The van der Waals surface area contributed by atoms with Gasteiger partial charge >= 0.3 is 0 Å². The van der Waals surface area contributed by atoms with Crippen molar-refractivity contribution in [2.45, 2.75) is 33.6 Å². The monoisotopic (exact) mass is 194 g/mol. The highest BCUT2D eigenvalue weighted by molar-refractivity contribution is 7.13. The van der Waals surface area contributed by atoms with Crippen molar-refractivity contribution in [1.29, 1.82) is 0 Å². The largest absolute Gasteiger partial charge is 0.141 e. The normalized spacial score (nSPS) is 10.8. The van der Waals surface area contributed by atoms with Crippen LogP contribution in [0.4, 0.5) is 0 Å². The average Bonchev–Trinajstić information content (AvgIpc) is 2.45. The van der Waals surface area contributed by atoms with Crippen LogP contribution >= 0.6 is 11.3 Å². The fourth-order valence-corrected chi connectivity index (χ4v) is 2.77. The minimum absolute atomic E-state index is 0.751. The molecule has 0 bridgehead atoms. The van der Waals surface area contributed by atoms with E-state index in [0.717, 1.165) is 12.3 Å². The van der Waals surface area contributed by atoms with Gasteiger partial charge in [0.05, 0.1) is 0 Å². The van der Waals surface area contributed by atoms with E-state index in [9.17, 15) is 0 Å². The van der Waals surface area contributed by atoms with Gasteiger partial charge in [-0.05, 0) is 30.4 Å². The summed E-state index contributed by atoms with van der Waals surface area (Å²) < 4.78 is 0. The summed E-state index contributed by atoms with van der Waals surface area (Å²) in [7, 11) is 0. The number of aryl methyl sites for hydroxylation is 1. The first-order valence-electron chi connectivity index (χ1n) is 4.91. The maximum atomic E-state index is 3.84. The fraction of sp³-hybridized carbons (Fsp3) is 0.500. The molecule has 0 aliphatic carbocycles. The number of rotatable bonds is 4. The van der Waals surface area contributed by atoms with Crippen LogP contribution in [0.5, 0.6) is 0 Å². The summed E-state index contributed by atoms with van der Waals surface area (Å²) in [6.45, 7) is 10.6. The second kappa shape index (κ2) is 4.61. The third kappa shape index (κ3) is 2.70. The molecule has 0 N–H and O–H groups in total. The van der Waals surface area contributed by atoms with Gasteiger partial charge in [0.2, 0.25) is 0 Å². The van der Waals surface area contributed by atoms with E-state index in [1.54, 1.807) is 0 Å². The zero-order valence-electron chi connectivity index (χ0n) is 8.76. The molecule has 0 amide bonds. The highest BCUT2D eigenvalue weighted by atomic mass is 32.1. The van der Waals surface area contributed by atoms with Crippen molar-refractivity contribution in [2.24, 2.45) is 5.92 Å². The summed E-state index contributed by atoms with van der Waals surface area (Å²) in [4.78, 5) is 2.86. The van der Waals surface area contributed by atoms with Gasteiger partial charge in [0.1, 0.15) is 0 Å². The van der Waals surface area contributed by atoms with Gasteiger partial charge in [-0.25, -0.2) is 0 Å². The molecule has 1 aromatic rings. The summed E-state index contributed by atoms with van der Waals surface area (Å²) in [5.41, 5.74) is 1.45. The molecular weight excluding hydrogens is 176 g/mol. The highest BCUT2D eigenvalue weighted by Gasteiger charge is 2.05. The van der Waals surface area contributed by atoms with Crippen molar-refractivity contribution in [3.63, 3.8) is 0 Å². The Balaban J connectivity index is 2.86. The van der Waals surface area contributed by atoms with Crippen LogP contribution < -0.4 is 0 Å². The Hall–Kier alpha value is -0.560. The number of hydrogen-bond acceptors (Lipinski definition) is 1. The van der Waals surface area contributed by atoms with E-state index in [2.05, 4.69) is 33.4 Å². The summed E-state index contributed by atoms with van der Waals surface area (Å²) >= 11 is 1.89. The second-order valence-corrected chi connectivity index (χ2v) is 4.93. The van der Waals surface area contributed by atoms with E-state index in [-0.39, 0.29) is 0 Å². The lowest BCUT2D eigenvalue weighted by Gasteiger charge is -1.99. The number of hydrogen-bond donors (Lipinski definition) is 0. The molecule has 1 heteroatoms. The van der Waals surface area contributed by atoms with Gasteiger partial charge < -0.3 is 0 Å². The van der Waals surface area contributed by atoms with E-state index in [0.29, 0.717) is 0 Å². The van der Waals surface area contributed by atoms with E-state index in [4.69, 9.17) is 0 Å². The predicted octanol–water partition coefficient (Wildman–Crippen LogP) is 4.15. The van der Waals surface area contributed by atoms with E-state index in [1.165, 1.54) is 21.7 Å². The molecule has 72 valence electrons. The van der Waals surface area contributed by atoms with Gasteiger partial charge in [0, 0.05) is 9.75 Å². The topological polar surface area (TPSA) is 0 Å². The van der Waals surface area contributed by atoms with Crippen molar-refractivity contribution in [2.75, 3.05) is 0 Å². The minimum atomic E-state index is 0.751. The SMILES string of the molecule is C=Cc1sc(CC(C)C)cc1CC. The summed E-state index contributed by atoms with van der Waals surface area (Å²) in [6, 6.07) is 2.34. The van der Waals surface area contributed by atoms with Gasteiger partial charge in [-0.3, -0.25) is 0 Å². The van der Waals surface area contributed by atoms with Crippen molar-refractivity contribution in [1.82, 2.24) is 0 Å². The molecule has 0 radical (unpaired) electrons. The van der Waals surface area contributed by atoms with Gasteiger partial charge in [-0.2, -0.15) is 0 Å². The molecule has 0 unspecified atom stereocenters. The molecule has 0 nitrogen and oxygen atoms in total. The smallest absolute Gasteiger partial charge is 0.0299 e. The van der Waals surface area contributed by atoms with Crippen LogP contribution in [0, 0.1) is 5.92 Å². The predicted molar refractivity (Wildman–Crippen MR) is 62.3 cm³/mol.